The number of rotatable bonds is 7. The molecule has 0 fully saturated rings. The fraction of sp³-hybridized carbons (Fsp3) is 0.286. The van der Waals surface area contributed by atoms with Crippen LogP contribution >= 0.6 is 0 Å². The lowest BCUT2D eigenvalue weighted by Gasteiger charge is -2.09. The number of methoxy groups -OCH3 is 1. The van der Waals surface area contributed by atoms with Crippen LogP contribution in [0.2, 0.25) is 0 Å². The van der Waals surface area contributed by atoms with Gasteiger partial charge in [-0.3, -0.25) is 5.32 Å². The van der Waals surface area contributed by atoms with Gasteiger partial charge in [0.05, 0.1) is 12.7 Å². The van der Waals surface area contributed by atoms with Crippen molar-refractivity contribution in [2.45, 2.75) is 20.0 Å². The van der Waals surface area contributed by atoms with Gasteiger partial charge in [0.25, 0.3) is 0 Å². The molecule has 0 atom stereocenters. The summed E-state index contributed by atoms with van der Waals surface area (Å²) < 4.78 is 15.7. The van der Waals surface area contributed by atoms with Gasteiger partial charge in [0.1, 0.15) is 12.4 Å². The van der Waals surface area contributed by atoms with Crippen LogP contribution in [0.15, 0.2) is 48.5 Å². The van der Waals surface area contributed by atoms with E-state index in [1.54, 1.807) is 7.11 Å². The Labute approximate surface area is 158 Å². The highest BCUT2D eigenvalue weighted by Gasteiger charge is 2.08. The summed E-state index contributed by atoms with van der Waals surface area (Å²) >= 11 is 0. The minimum Gasteiger partial charge on any atom is -0.491 e. The standard InChI is InChI=1S/C21H24N2O4/c1-14(2)27-21(24)22-17-6-9-19-16(12-17)13-20(23-19)15-4-7-18(8-5-15)26-11-10-25-3/h4-9,12-14,23H,10-11H2,1-3H3,(H,22,24). The summed E-state index contributed by atoms with van der Waals surface area (Å²) in [6.45, 7) is 4.71. The summed E-state index contributed by atoms with van der Waals surface area (Å²) in [5.41, 5.74) is 3.74. The largest absolute Gasteiger partial charge is 0.491 e. The average molecular weight is 368 g/mol. The Morgan fingerprint density at radius 2 is 1.85 bits per heavy atom. The van der Waals surface area contributed by atoms with Crippen LogP contribution in [0.1, 0.15) is 13.8 Å². The molecule has 0 saturated carbocycles. The van der Waals surface area contributed by atoms with Gasteiger partial charge >= 0.3 is 6.09 Å². The normalized spacial score (nSPS) is 11.0. The van der Waals surface area contributed by atoms with Crippen molar-refractivity contribution >= 4 is 22.7 Å². The first-order valence-corrected chi connectivity index (χ1v) is 8.88. The second-order valence-corrected chi connectivity index (χ2v) is 6.43. The molecule has 0 spiro atoms. The van der Waals surface area contributed by atoms with Gasteiger partial charge in [-0.25, -0.2) is 4.79 Å². The number of ether oxygens (including phenoxy) is 3. The number of fused-ring (bicyclic) bond motifs is 1. The van der Waals surface area contributed by atoms with Crippen LogP contribution in [0.3, 0.4) is 0 Å². The Balaban J connectivity index is 1.73. The number of aromatic nitrogens is 1. The summed E-state index contributed by atoms with van der Waals surface area (Å²) in [5.74, 6) is 0.807. The van der Waals surface area contributed by atoms with Gasteiger partial charge in [0, 0.05) is 29.4 Å². The first kappa shape index (κ1) is 18.8. The van der Waals surface area contributed by atoms with E-state index >= 15 is 0 Å². The van der Waals surface area contributed by atoms with E-state index < -0.39 is 6.09 Å². The van der Waals surface area contributed by atoms with Crippen LogP contribution < -0.4 is 10.1 Å². The number of benzene rings is 2. The lowest BCUT2D eigenvalue weighted by Crippen LogP contribution is -2.17. The molecule has 3 aromatic rings. The second-order valence-electron chi connectivity index (χ2n) is 6.43. The monoisotopic (exact) mass is 368 g/mol. The smallest absolute Gasteiger partial charge is 0.411 e. The number of aromatic amines is 1. The van der Waals surface area contributed by atoms with Crippen molar-refractivity contribution in [2.24, 2.45) is 0 Å². The van der Waals surface area contributed by atoms with Gasteiger partial charge in [-0.2, -0.15) is 0 Å². The molecule has 1 amide bonds. The molecule has 0 bridgehead atoms. The number of anilines is 1. The van der Waals surface area contributed by atoms with Crippen molar-refractivity contribution < 1.29 is 19.0 Å². The maximum atomic E-state index is 11.8. The molecule has 2 aromatic carbocycles. The van der Waals surface area contributed by atoms with Crippen LogP contribution in [0.25, 0.3) is 22.2 Å². The molecular formula is C21H24N2O4. The van der Waals surface area contributed by atoms with E-state index in [0.29, 0.717) is 18.9 Å². The molecule has 27 heavy (non-hydrogen) atoms. The lowest BCUT2D eigenvalue weighted by molar-refractivity contribution is 0.130. The maximum absolute atomic E-state index is 11.8. The van der Waals surface area contributed by atoms with Crippen LogP contribution in [0.5, 0.6) is 5.75 Å². The first-order valence-electron chi connectivity index (χ1n) is 8.88. The highest BCUT2D eigenvalue weighted by atomic mass is 16.6. The molecular weight excluding hydrogens is 344 g/mol. The average Bonchev–Trinajstić information content (AvgIpc) is 3.05. The predicted molar refractivity (Wildman–Crippen MR) is 106 cm³/mol. The molecule has 2 N–H and O–H groups in total. The van der Waals surface area contributed by atoms with Crippen LogP contribution in [0.4, 0.5) is 10.5 Å². The van der Waals surface area contributed by atoms with Crippen LogP contribution in [-0.2, 0) is 9.47 Å². The highest BCUT2D eigenvalue weighted by Crippen LogP contribution is 2.27. The maximum Gasteiger partial charge on any atom is 0.411 e. The number of amides is 1. The topological polar surface area (TPSA) is 72.6 Å². The summed E-state index contributed by atoms with van der Waals surface area (Å²) in [6, 6.07) is 15.6. The van der Waals surface area contributed by atoms with Crippen molar-refractivity contribution in [3.8, 4) is 17.0 Å². The zero-order chi connectivity index (χ0) is 19.2. The molecule has 1 heterocycles. The fourth-order valence-corrected chi connectivity index (χ4v) is 2.70. The molecule has 0 aliphatic heterocycles. The van der Waals surface area contributed by atoms with Gasteiger partial charge in [-0.1, -0.05) is 0 Å². The van der Waals surface area contributed by atoms with Gasteiger partial charge in [-0.05, 0) is 67.9 Å². The molecule has 6 heteroatoms. The number of nitrogens with one attached hydrogen (secondary N) is 2. The summed E-state index contributed by atoms with van der Waals surface area (Å²) in [6.07, 6.45) is -0.613. The second kappa shape index (κ2) is 8.60. The number of hydrogen-bond donors (Lipinski definition) is 2. The molecule has 1 aromatic heterocycles. The van der Waals surface area contributed by atoms with Crippen LogP contribution in [0, 0.1) is 0 Å². The number of carbonyl (C=O) groups excluding carboxylic acids is 1. The van der Waals surface area contributed by atoms with Crippen molar-refractivity contribution in [2.75, 3.05) is 25.6 Å². The van der Waals surface area contributed by atoms with E-state index in [4.69, 9.17) is 14.2 Å². The van der Waals surface area contributed by atoms with Crippen LogP contribution in [-0.4, -0.2) is 37.5 Å². The number of H-pyrrole nitrogens is 1. The van der Waals surface area contributed by atoms with Gasteiger partial charge in [0.2, 0.25) is 0 Å². The third kappa shape index (κ3) is 5.01. The third-order valence-corrected chi connectivity index (χ3v) is 3.93. The summed E-state index contributed by atoms with van der Waals surface area (Å²) in [7, 11) is 1.65. The van der Waals surface area contributed by atoms with Crippen molar-refractivity contribution in [1.82, 2.24) is 4.98 Å². The van der Waals surface area contributed by atoms with Gasteiger partial charge in [-0.15, -0.1) is 0 Å². The molecule has 0 saturated heterocycles. The van der Waals surface area contributed by atoms with Crippen molar-refractivity contribution in [3.05, 3.63) is 48.5 Å². The zero-order valence-corrected chi connectivity index (χ0v) is 15.7. The van der Waals surface area contributed by atoms with Crippen molar-refractivity contribution in [3.63, 3.8) is 0 Å². The van der Waals surface area contributed by atoms with E-state index in [2.05, 4.69) is 16.4 Å². The Morgan fingerprint density at radius 3 is 2.56 bits per heavy atom. The Bertz CT molecular complexity index is 900. The Kier molecular flexibility index (Phi) is 5.98. The molecule has 0 unspecified atom stereocenters. The SMILES string of the molecule is COCCOc1ccc(-c2cc3cc(NC(=O)OC(C)C)ccc3[nH]2)cc1. The summed E-state index contributed by atoms with van der Waals surface area (Å²) in [5, 5.41) is 3.75. The molecule has 0 aliphatic rings. The zero-order valence-electron chi connectivity index (χ0n) is 15.7. The molecule has 142 valence electrons. The molecule has 0 aliphatic carbocycles. The van der Waals surface area contributed by atoms with Crippen molar-refractivity contribution in [1.29, 1.82) is 0 Å². The quantitative estimate of drug-likeness (QED) is 0.587. The van der Waals surface area contributed by atoms with E-state index in [1.165, 1.54) is 0 Å². The number of carbonyl (C=O) groups is 1. The van der Waals surface area contributed by atoms with E-state index in [-0.39, 0.29) is 6.10 Å². The third-order valence-electron chi connectivity index (χ3n) is 3.93. The fourth-order valence-electron chi connectivity index (χ4n) is 2.70. The molecule has 0 radical (unpaired) electrons. The Hall–Kier alpha value is -2.99. The molecule has 6 nitrogen and oxygen atoms in total. The highest BCUT2D eigenvalue weighted by molar-refractivity contribution is 5.92. The Morgan fingerprint density at radius 1 is 1.07 bits per heavy atom. The predicted octanol–water partition coefficient (Wildman–Crippen LogP) is 4.82. The lowest BCUT2D eigenvalue weighted by atomic mass is 10.1. The minimum atomic E-state index is -0.454. The summed E-state index contributed by atoms with van der Waals surface area (Å²) in [4.78, 5) is 15.1. The first-order chi connectivity index (χ1) is 13.0. The van der Waals surface area contributed by atoms with E-state index in [1.807, 2.05) is 56.3 Å². The van der Waals surface area contributed by atoms with Gasteiger partial charge in [0.15, 0.2) is 0 Å². The van der Waals surface area contributed by atoms with Gasteiger partial charge < -0.3 is 19.2 Å². The number of hydrogen-bond acceptors (Lipinski definition) is 4. The molecule has 3 rings (SSSR count). The minimum absolute atomic E-state index is 0.158. The van der Waals surface area contributed by atoms with E-state index in [9.17, 15) is 4.79 Å². The van der Waals surface area contributed by atoms with E-state index in [0.717, 1.165) is 27.9 Å².